The van der Waals surface area contributed by atoms with Gasteiger partial charge in [0.25, 0.3) is 0 Å². The molecule has 0 radical (unpaired) electrons. The van der Waals surface area contributed by atoms with E-state index < -0.39 is 5.97 Å². The fourth-order valence-corrected chi connectivity index (χ4v) is 1.43. The van der Waals surface area contributed by atoms with E-state index in [9.17, 15) is 14.7 Å². The second-order valence-electron chi connectivity index (χ2n) is 4.14. The van der Waals surface area contributed by atoms with Crippen molar-refractivity contribution in [3.8, 4) is 5.75 Å². The number of ether oxygens (including phenoxy) is 1. The molecule has 0 saturated carbocycles. The molecule has 0 aliphatic carbocycles. The smallest absolute Gasteiger partial charge is 0.220 e. The highest BCUT2D eigenvalue weighted by Gasteiger charge is 2.01. The first kappa shape index (κ1) is 15.0. The van der Waals surface area contributed by atoms with Crippen LogP contribution in [0.25, 0.3) is 0 Å². The summed E-state index contributed by atoms with van der Waals surface area (Å²) < 4.78 is 5.44. The molecule has 5 heteroatoms. The number of hydrogen-bond donors (Lipinski definition) is 1. The molecule has 0 heterocycles. The predicted octanol–water partition coefficient (Wildman–Crippen LogP) is 0.622. The molecule has 5 nitrogen and oxygen atoms in total. The van der Waals surface area contributed by atoms with Crippen LogP contribution in [0.3, 0.4) is 0 Å². The Labute approximate surface area is 112 Å². The number of rotatable bonds is 8. The number of benzene rings is 1. The van der Waals surface area contributed by atoms with Gasteiger partial charge >= 0.3 is 0 Å². The van der Waals surface area contributed by atoms with Gasteiger partial charge in [0, 0.05) is 18.9 Å². The molecule has 19 heavy (non-hydrogen) atoms. The van der Waals surface area contributed by atoms with Gasteiger partial charge < -0.3 is 20.0 Å². The predicted molar refractivity (Wildman–Crippen MR) is 68.3 cm³/mol. The molecule has 0 atom stereocenters. The van der Waals surface area contributed by atoms with Crippen molar-refractivity contribution in [1.82, 2.24) is 5.32 Å². The van der Waals surface area contributed by atoms with Crippen LogP contribution in [0.5, 0.6) is 5.75 Å². The van der Waals surface area contributed by atoms with E-state index in [-0.39, 0.29) is 18.7 Å². The maximum atomic E-state index is 11.3. The zero-order valence-corrected chi connectivity index (χ0v) is 11.0. The van der Waals surface area contributed by atoms with E-state index in [0.717, 1.165) is 17.7 Å². The highest BCUT2D eigenvalue weighted by Crippen LogP contribution is 2.12. The standard InChI is InChI=1S/C14H19NO4/c1-2-9-19-12-5-3-11(4-6-12)10-15-13(16)7-8-14(17)18/h3-6H,2,7-10H2,1H3,(H,15,16)(H,17,18)/p-1. The molecule has 1 rings (SSSR count). The molecule has 1 aromatic carbocycles. The summed E-state index contributed by atoms with van der Waals surface area (Å²) in [5.74, 6) is -0.711. The lowest BCUT2D eigenvalue weighted by Gasteiger charge is -2.08. The van der Waals surface area contributed by atoms with E-state index in [0.29, 0.717) is 13.2 Å². The molecule has 104 valence electrons. The minimum absolute atomic E-state index is 0.0555. The minimum atomic E-state index is -1.22. The molecule has 0 fully saturated rings. The Morgan fingerprint density at radius 2 is 1.89 bits per heavy atom. The van der Waals surface area contributed by atoms with Gasteiger partial charge in [0.1, 0.15) is 5.75 Å². The molecule has 0 aliphatic heterocycles. The lowest BCUT2D eigenvalue weighted by atomic mass is 10.2. The van der Waals surface area contributed by atoms with Crippen molar-refractivity contribution in [3.05, 3.63) is 29.8 Å². The van der Waals surface area contributed by atoms with E-state index in [1.54, 1.807) is 0 Å². The Morgan fingerprint density at radius 1 is 1.21 bits per heavy atom. The van der Waals surface area contributed by atoms with Crippen LogP contribution in [0.15, 0.2) is 24.3 Å². The molecule has 1 aromatic rings. The molecule has 0 aromatic heterocycles. The largest absolute Gasteiger partial charge is 0.550 e. The van der Waals surface area contributed by atoms with Crippen molar-refractivity contribution in [2.75, 3.05) is 6.61 Å². The quantitative estimate of drug-likeness (QED) is 0.746. The summed E-state index contributed by atoms with van der Waals surface area (Å²) >= 11 is 0. The molecule has 0 aliphatic rings. The Hall–Kier alpha value is -2.04. The van der Waals surface area contributed by atoms with Crippen LogP contribution in [-0.4, -0.2) is 18.5 Å². The van der Waals surface area contributed by atoms with Gasteiger partial charge in [-0.25, -0.2) is 0 Å². The first-order valence-electron chi connectivity index (χ1n) is 6.30. The van der Waals surface area contributed by atoms with Gasteiger partial charge in [0.2, 0.25) is 5.91 Å². The number of amides is 1. The Kier molecular flexibility index (Phi) is 6.43. The number of carboxylic acids is 1. The summed E-state index contributed by atoms with van der Waals surface area (Å²) in [6, 6.07) is 7.42. The topological polar surface area (TPSA) is 78.5 Å². The zero-order valence-electron chi connectivity index (χ0n) is 11.0. The molecule has 1 N–H and O–H groups in total. The van der Waals surface area contributed by atoms with Crippen molar-refractivity contribution >= 4 is 11.9 Å². The van der Waals surface area contributed by atoms with Crippen molar-refractivity contribution in [1.29, 1.82) is 0 Å². The highest BCUT2D eigenvalue weighted by molar-refractivity contribution is 5.79. The number of nitrogens with one attached hydrogen (secondary N) is 1. The van der Waals surface area contributed by atoms with Gasteiger partial charge in [0.05, 0.1) is 6.61 Å². The summed E-state index contributed by atoms with van der Waals surface area (Å²) in [5, 5.41) is 12.8. The third-order valence-corrected chi connectivity index (χ3v) is 2.44. The van der Waals surface area contributed by atoms with Gasteiger partial charge in [-0.05, 0) is 30.5 Å². The molecule has 0 bridgehead atoms. The summed E-state index contributed by atoms with van der Waals surface area (Å²) in [6.07, 6.45) is 0.645. The molecule has 1 amide bonds. The fourth-order valence-electron chi connectivity index (χ4n) is 1.43. The van der Waals surface area contributed by atoms with Crippen LogP contribution >= 0.6 is 0 Å². The number of carbonyl (C=O) groups excluding carboxylic acids is 2. The number of carboxylic acid groups (broad SMARTS) is 1. The Balaban J connectivity index is 2.33. The first-order chi connectivity index (χ1) is 9.11. The van der Waals surface area contributed by atoms with E-state index in [1.165, 1.54) is 0 Å². The van der Waals surface area contributed by atoms with E-state index in [2.05, 4.69) is 5.32 Å². The van der Waals surface area contributed by atoms with E-state index >= 15 is 0 Å². The average molecular weight is 264 g/mol. The van der Waals surface area contributed by atoms with E-state index in [1.807, 2.05) is 31.2 Å². The summed E-state index contributed by atoms with van der Waals surface area (Å²) in [6.45, 7) is 3.09. The third kappa shape index (κ3) is 6.45. The monoisotopic (exact) mass is 264 g/mol. The van der Waals surface area contributed by atoms with Crippen LogP contribution in [0.4, 0.5) is 0 Å². The molecular formula is C14H18NO4-. The van der Waals surface area contributed by atoms with Gasteiger partial charge in [-0.3, -0.25) is 4.79 Å². The van der Waals surface area contributed by atoms with Crippen LogP contribution in [0, 0.1) is 0 Å². The van der Waals surface area contributed by atoms with Gasteiger partial charge in [-0.15, -0.1) is 0 Å². The van der Waals surface area contributed by atoms with Crippen LogP contribution in [0.2, 0.25) is 0 Å². The maximum absolute atomic E-state index is 11.3. The van der Waals surface area contributed by atoms with Gasteiger partial charge in [0.15, 0.2) is 0 Å². The van der Waals surface area contributed by atoms with Gasteiger partial charge in [-0.2, -0.15) is 0 Å². The van der Waals surface area contributed by atoms with Gasteiger partial charge in [-0.1, -0.05) is 19.1 Å². The second kappa shape index (κ2) is 8.13. The molecule has 0 spiro atoms. The van der Waals surface area contributed by atoms with Crippen LogP contribution in [0.1, 0.15) is 31.7 Å². The van der Waals surface area contributed by atoms with Crippen molar-refractivity contribution in [2.24, 2.45) is 0 Å². The van der Waals surface area contributed by atoms with E-state index in [4.69, 9.17) is 4.74 Å². The number of hydrogen-bond acceptors (Lipinski definition) is 4. The molecule has 0 unspecified atom stereocenters. The Morgan fingerprint density at radius 3 is 2.47 bits per heavy atom. The maximum Gasteiger partial charge on any atom is 0.220 e. The number of carbonyl (C=O) groups is 2. The normalized spacial score (nSPS) is 9.95. The van der Waals surface area contributed by atoms with Crippen LogP contribution in [-0.2, 0) is 16.1 Å². The summed E-state index contributed by atoms with van der Waals surface area (Å²) in [4.78, 5) is 21.5. The third-order valence-electron chi connectivity index (χ3n) is 2.44. The lowest BCUT2D eigenvalue weighted by molar-refractivity contribution is -0.305. The van der Waals surface area contributed by atoms with Crippen molar-refractivity contribution in [3.63, 3.8) is 0 Å². The van der Waals surface area contributed by atoms with Crippen molar-refractivity contribution < 1.29 is 19.4 Å². The van der Waals surface area contributed by atoms with Crippen LogP contribution < -0.4 is 15.2 Å². The highest BCUT2D eigenvalue weighted by atomic mass is 16.5. The van der Waals surface area contributed by atoms with Crippen molar-refractivity contribution in [2.45, 2.75) is 32.7 Å². The second-order valence-corrected chi connectivity index (χ2v) is 4.14. The fraction of sp³-hybridized carbons (Fsp3) is 0.429. The summed E-state index contributed by atoms with van der Waals surface area (Å²) in [5.41, 5.74) is 0.936. The SMILES string of the molecule is CCCOc1ccc(CNC(=O)CCC(=O)[O-])cc1. The molecule has 0 saturated heterocycles. The average Bonchev–Trinajstić information content (AvgIpc) is 2.41. The molecular weight excluding hydrogens is 246 g/mol. The number of aliphatic carboxylic acids is 1. The Bertz CT molecular complexity index is 414. The first-order valence-corrected chi connectivity index (χ1v) is 6.30. The minimum Gasteiger partial charge on any atom is -0.550 e. The zero-order chi connectivity index (χ0) is 14.1. The summed E-state index contributed by atoms with van der Waals surface area (Å²) in [7, 11) is 0. The lowest BCUT2D eigenvalue weighted by Crippen LogP contribution is -2.27.